The Morgan fingerprint density at radius 1 is 1.30 bits per heavy atom. The van der Waals surface area contributed by atoms with Crippen LogP contribution in [0.1, 0.15) is 16.3 Å². The molecule has 1 aromatic carbocycles. The van der Waals surface area contributed by atoms with Gasteiger partial charge < -0.3 is 0 Å². The number of thiazole rings is 1. The summed E-state index contributed by atoms with van der Waals surface area (Å²) in [6.07, 6.45) is 0. The number of nitrogens with zero attached hydrogens (tertiary/aromatic N) is 2. The number of aromatic nitrogens is 1. The summed E-state index contributed by atoms with van der Waals surface area (Å²) < 4.78 is 26.2. The molecule has 0 bridgehead atoms. The highest BCUT2D eigenvalue weighted by Gasteiger charge is 2.21. The first-order valence-electron chi connectivity index (χ1n) is 5.95. The first-order chi connectivity index (χ1) is 9.43. The Bertz CT molecular complexity index is 681. The largest absolute Gasteiger partial charge is 0.245 e. The van der Waals surface area contributed by atoms with Crippen molar-refractivity contribution in [1.29, 1.82) is 0 Å². The van der Waals surface area contributed by atoms with E-state index in [1.54, 1.807) is 19.2 Å². The Hall–Kier alpha value is -0.760. The first kappa shape index (κ1) is 15.6. The summed E-state index contributed by atoms with van der Waals surface area (Å²) in [4.78, 5) is 4.59. The first-order valence-corrected chi connectivity index (χ1v) is 9.40. The van der Waals surface area contributed by atoms with Gasteiger partial charge in [0.05, 0.1) is 22.1 Å². The van der Waals surface area contributed by atoms with Crippen molar-refractivity contribution in [1.82, 2.24) is 9.29 Å². The lowest BCUT2D eigenvalue weighted by atomic mass is 10.2. The lowest BCUT2D eigenvalue weighted by molar-refractivity contribution is 0.463. The molecule has 108 valence electrons. The Morgan fingerprint density at radius 3 is 2.45 bits per heavy atom. The quantitative estimate of drug-likeness (QED) is 0.755. The van der Waals surface area contributed by atoms with Gasteiger partial charge in [-0.15, -0.1) is 11.3 Å². The molecule has 0 fully saturated rings. The number of alkyl halides is 1. The molecule has 1 heterocycles. The Balaban J connectivity index is 2.19. The Labute approximate surface area is 131 Å². The molecule has 0 saturated carbocycles. The van der Waals surface area contributed by atoms with E-state index in [1.807, 2.05) is 24.4 Å². The Morgan fingerprint density at radius 2 is 1.95 bits per heavy atom. The SMILES string of the molecule is Cc1nc(CN(C)S(=O)(=O)c2ccc(CBr)cc2)cs1. The number of hydrogen-bond acceptors (Lipinski definition) is 4. The van der Waals surface area contributed by atoms with Gasteiger partial charge in [0.15, 0.2) is 0 Å². The van der Waals surface area contributed by atoms with Crippen LogP contribution in [0, 0.1) is 6.92 Å². The standard InChI is InChI=1S/C13H15BrN2O2S2/c1-10-15-12(9-19-10)8-16(2)20(17,18)13-5-3-11(7-14)4-6-13/h3-6,9H,7-8H2,1-2H3. The second-order valence-electron chi connectivity index (χ2n) is 4.40. The van der Waals surface area contributed by atoms with Crippen molar-refractivity contribution in [2.75, 3.05) is 7.05 Å². The molecule has 4 nitrogen and oxygen atoms in total. The van der Waals surface area contributed by atoms with E-state index < -0.39 is 10.0 Å². The topological polar surface area (TPSA) is 50.3 Å². The van der Waals surface area contributed by atoms with E-state index in [2.05, 4.69) is 20.9 Å². The van der Waals surface area contributed by atoms with Crippen LogP contribution >= 0.6 is 27.3 Å². The maximum absolute atomic E-state index is 12.4. The second kappa shape index (κ2) is 6.34. The van der Waals surface area contributed by atoms with E-state index in [9.17, 15) is 8.42 Å². The zero-order chi connectivity index (χ0) is 14.8. The molecule has 0 aliphatic rings. The van der Waals surface area contributed by atoms with Gasteiger partial charge >= 0.3 is 0 Å². The Kier molecular flexibility index (Phi) is 4.95. The van der Waals surface area contributed by atoms with Crippen molar-refractivity contribution in [2.24, 2.45) is 0 Å². The fourth-order valence-corrected chi connectivity index (χ4v) is 3.84. The molecule has 0 unspecified atom stereocenters. The van der Waals surface area contributed by atoms with Gasteiger partial charge in [0.2, 0.25) is 10.0 Å². The summed E-state index contributed by atoms with van der Waals surface area (Å²) in [6.45, 7) is 2.19. The van der Waals surface area contributed by atoms with Crippen LogP contribution in [0.4, 0.5) is 0 Å². The van der Waals surface area contributed by atoms with Crippen LogP contribution in [0.3, 0.4) is 0 Å². The predicted molar refractivity (Wildman–Crippen MR) is 84.6 cm³/mol. The third-order valence-corrected chi connectivity index (χ3v) is 6.12. The van der Waals surface area contributed by atoms with Gasteiger partial charge in [0, 0.05) is 17.8 Å². The molecular formula is C13H15BrN2O2S2. The average molecular weight is 375 g/mol. The molecular weight excluding hydrogens is 360 g/mol. The van der Waals surface area contributed by atoms with Gasteiger partial charge in [0.25, 0.3) is 0 Å². The van der Waals surface area contributed by atoms with Crippen molar-refractivity contribution in [3.8, 4) is 0 Å². The highest BCUT2D eigenvalue weighted by molar-refractivity contribution is 9.08. The second-order valence-corrected chi connectivity index (χ2v) is 8.06. The third-order valence-electron chi connectivity index (χ3n) is 2.84. The lowest BCUT2D eigenvalue weighted by Gasteiger charge is -2.16. The monoisotopic (exact) mass is 374 g/mol. The average Bonchev–Trinajstić information content (AvgIpc) is 2.84. The highest BCUT2D eigenvalue weighted by atomic mass is 79.9. The maximum Gasteiger partial charge on any atom is 0.243 e. The number of benzene rings is 1. The van der Waals surface area contributed by atoms with Gasteiger partial charge in [0.1, 0.15) is 0 Å². The van der Waals surface area contributed by atoms with Crippen molar-refractivity contribution >= 4 is 37.3 Å². The molecule has 0 spiro atoms. The maximum atomic E-state index is 12.4. The zero-order valence-corrected chi connectivity index (χ0v) is 14.4. The minimum Gasteiger partial charge on any atom is -0.245 e. The van der Waals surface area contributed by atoms with Crippen LogP contribution in [0.25, 0.3) is 0 Å². The molecule has 1 aromatic heterocycles. The van der Waals surface area contributed by atoms with E-state index in [4.69, 9.17) is 0 Å². The van der Waals surface area contributed by atoms with Gasteiger partial charge in [-0.3, -0.25) is 0 Å². The summed E-state index contributed by atoms with van der Waals surface area (Å²) >= 11 is 4.86. The summed E-state index contributed by atoms with van der Waals surface area (Å²) in [5, 5.41) is 3.53. The van der Waals surface area contributed by atoms with E-state index in [-0.39, 0.29) is 6.54 Å². The molecule has 7 heteroatoms. The van der Waals surface area contributed by atoms with Crippen LogP contribution in [0.15, 0.2) is 34.5 Å². The van der Waals surface area contributed by atoms with Crippen LogP contribution in [-0.2, 0) is 21.9 Å². The highest BCUT2D eigenvalue weighted by Crippen LogP contribution is 2.19. The number of aryl methyl sites for hydroxylation is 1. The predicted octanol–water partition coefficient (Wildman–Crippen LogP) is 3.17. The van der Waals surface area contributed by atoms with Crippen LogP contribution in [0.2, 0.25) is 0 Å². The summed E-state index contributed by atoms with van der Waals surface area (Å²) in [7, 11) is -1.90. The van der Waals surface area contributed by atoms with Crippen LogP contribution in [0.5, 0.6) is 0 Å². The summed E-state index contributed by atoms with van der Waals surface area (Å²) in [6, 6.07) is 6.88. The number of halogens is 1. The van der Waals surface area contributed by atoms with Crippen LogP contribution in [-0.4, -0.2) is 24.8 Å². The fourth-order valence-electron chi connectivity index (χ4n) is 1.72. The van der Waals surface area contributed by atoms with Crippen LogP contribution < -0.4 is 0 Å². The van der Waals surface area contributed by atoms with Gasteiger partial charge in [-0.25, -0.2) is 13.4 Å². The lowest BCUT2D eigenvalue weighted by Crippen LogP contribution is -2.26. The van der Waals surface area contributed by atoms with Crippen molar-refractivity contribution in [2.45, 2.75) is 23.7 Å². The zero-order valence-electron chi connectivity index (χ0n) is 11.2. The molecule has 0 aliphatic heterocycles. The minimum atomic E-state index is -3.47. The van der Waals surface area contributed by atoms with E-state index >= 15 is 0 Å². The van der Waals surface area contributed by atoms with Crippen molar-refractivity contribution in [3.05, 3.63) is 45.9 Å². The molecule has 20 heavy (non-hydrogen) atoms. The van der Waals surface area contributed by atoms with Gasteiger partial charge in [-0.1, -0.05) is 28.1 Å². The van der Waals surface area contributed by atoms with Crippen molar-refractivity contribution in [3.63, 3.8) is 0 Å². The van der Waals surface area contributed by atoms with E-state index in [0.717, 1.165) is 16.3 Å². The number of hydrogen-bond donors (Lipinski definition) is 0. The smallest absolute Gasteiger partial charge is 0.243 e. The van der Waals surface area contributed by atoms with Crippen molar-refractivity contribution < 1.29 is 8.42 Å². The normalized spacial score (nSPS) is 12.0. The molecule has 0 atom stereocenters. The fraction of sp³-hybridized carbons (Fsp3) is 0.308. The van der Waals surface area contributed by atoms with Gasteiger partial charge in [-0.05, 0) is 24.6 Å². The van der Waals surface area contributed by atoms with E-state index in [1.165, 1.54) is 15.6 Å². The summed E-state index contributed by atoms with van der Waals surface area (Å²) in [5.41, 5.74) is 1.82. The molecule has 0 radical (unpaired) electrons. The molecule has 0 N–H and O–H groups in total. The summed E-state index contributed by atoms with van der Waals surface area (Å²) in [5.74, 6) is 0. The molecule has 2 aromatic rings. The number of rotatable bonds is 5. The number of sulfonamides is 1. The molecule has 0 aliphatic carbocycles. The van der Waals surface area contributed by atoms with Gasteiger partial charge in [-0.2, -0.15) is 4.31 Å². The molecule has 0 saturated heterocycles. The third kappa shape index (κ3) is 3.46. The van der Waals surface area contributed by atoms with E-state index in [0.29, 0.717) is 10.2 Å². The molecule has 2 rings (SSSR count). The molecule has 0 amide bonds. The minimum absolute atomic E-state index is 0.285.